The summed E-state index contributed by atoms with van der Waals surface area (Å²) >= 11 is 1.71. The molecule has 20 heavy (non-hydrogen) atoms. The summed E-state index contributed by atoms with van der Waals surface area (Å²) in [5.41, 5.74) is 0. The van der Waals surface area contributed by atoms with Crippen LogP contribution < -0.4 is 0 Å². The van der Waals surface area contributed by atoms with E-state index in [1.807, 2.05) is 16.5 Å². The fourth-order valence-corrected chi connectivity index (χ4v) is 3.72. The summed E-state index contributed by atoms with van der Waals surface area (Å²) in [5, 5.41) is 3.19. The van der Waals surface area contributed by atoms with Crippen LogP contribution in [0.5, 0.6) is 0 Å². The molecular weight excluding hydrogens is 274 g/mol. The van der Waals surface area contributed by atoms with Crippen LogP contribution in [0, 0.1) is 5.92 Å². The largest absolute Gasteiger partial charge is 0.375 e. The number of piperidine rings is 1. The number of ether oxygens (including phenoxy) is 1. The predicted molar refractivity (Wildman–Crippen MR) is 77.5 cm³/mol. The van der Waals surface area contributed by atoms with Gasteiger partial charge in [-0.25, -0.2) is 4.98 Å². The van der Waals surface area contributed by atoms with Gasteiger partial charge in [-0.15, -0.1) is 11.3 Å². The van der Waals surface area contributed by atoms with Gasteiger partial charge >= 0.3 is 0 Å². The molecule has 0 N–H and O–H groups in total. The van der Waals surface area contributed by atoms with Crippen LogP contribution in [0.25, 0.3) is 0 Å². The molecule has 2 atom stereocenters. The van der Waals surface area contributed by atoms with E-state index >= 15 is 0 Å². The molecule has 5 nitrogen and oxygen atoms in total. The Morgan fingerprint density at radius 3 is 3.15 bits per heavy atom. The molecule has 2 fully saturated rings. The maximum Gasteiger partial charge on any atom is 0.219 e. The van der Waals surface area contributed by atoms with Gasteiger partial charge in [0, 0.05) is 44.1 Å². The van der Waals surface area contributed by atoms with Gasteiger partial charge < -0.3 is 9.64 Å². The number of carbonyl (C=O) groups excluding carboxylic acids is 1. The molecule has 1 aromatic heterocycles. The molecule has 2 aliphatic heterocycles. The first-order valence-corrected chi connectivity index (χ1v) is 8.08. The molecule has 0 spiro atoms. The molecule has 1 amide bonds. The normalized spacial score (nSPS) is 27.9. The summed E-state index contributed by atoms with van der Waals surface area (Å²) in [5.74, 6) is 0.647. The number of carbonyl (C=O) groups is 1. The average molecular weight is 295 g/mol. The summed E-state index contributed by atoms with van der Waals surface area (Å²) < 4.78 is 5.98. The molecule has 6 heteroatoms. The van der Waals surface area contributed by atoms with Gasteiger partial charge in [-0.05, 0) is 13.0 Å². The quantitative estimate of drug-likeness (QED) is 0.823. The Balaban J connectivity index is 1.59. The van der Waals surface area contributed by atoms with E-state index in [0.717, 1.165) is 39.1 Å². The number of thiazole rings is 1. The van der Waals surface area contributed by atoms with Crippen molar-refractivity contribution in [2.75, 3.05) is 32.8 Å². The first kappa shape index (κ1) is 14.0. The van der Waals surface area contributed by atoms with Gasteiger partial charge in [-0.1, -0.05) is 0 Å². The van der Waals surface area contributed by atoms with Gasteiger partial charge in [0.1, 0.15) is 5.01 Å². The van der Waals surface area contributed by atoms with Crippen molar-refractivity contribution in [2.24, 2.45) is 5.92 Å². The maximum absolute atomic E-state index is 11.6. The zero-order valence-electron chi connectivity index (χ0n) is 11.8. The van der Waals surface area contributed by atoms with Gasteiger partial charge in [0.15, 0.2) is 0 Å². The minimum Gasteiger partial charge on any atom is -0.375 e. The summed E-state index contributed by atoms with van der Waals surface area (Å²) in [4.78, 5) is 20.3. The van der Waals surface area contributed by atoms with Crippen LogP contribution in [0.4, 0.5) is 0 Å². The van der Waals surface area contributed by atoms with Crippen molar-refractivity contribution < 1.29 is 9.53 Å². The Morgan fingerprint density at radius 1 is 1.50 bits per heavy atom. The number of hydrogen-bond acceptors (Lipinski definition) is 5. The van der Waals surface area contributed by atoms with E-state index in [4.69, 9.17) is 4.74 Å². The van der Waals surface area contributed by atoms with E-state index in [-0.39, 0.29) is 12.0 Å². The van der Waals surface area contributed by atoms with Crippen molar-refractivity contribution in [3.8, 4) is 0 Å². The first-order valence-electron chi connectivity index (χ1n) is 7.20. The van der Waals surface area contributed by atoms with Gasteiger partial charge in [0.25, 0.3) is 0 Å². The van der Waals surface area contributed by atoms with Crippen molar-refractivity contribution in [3.63, 3.8) is 0 Å². The third-order valence-corrected chi connectivity index (χ3v) is 4.98. The highest BCUT2D eigenvalue weighted by atomic mass is 32.1. The zero-order valence-corrected chi connectivity index (χ0v) is 12.6. The SMILES string of the molecule is CC(=O)N1CCO[C@H]2CN(Cc3nccs3)CC[C@H]2C1. The number of fused-ring (bicyclic) bond motifs is 1. The molecule has 2 aliphatic rings. The molecule has 0 aliphatic carbocycles. The van der Waals surface area contributed by atoms with E-state index < -0.39 is 0 Å². The van der Waals surface area contributed by atoms with E-state index in [2.05, 4.69) is 9.88 Å². The van der Waals surface area contributed by atoms with Crippen LogP contribution in [-0.4, -0.2) is 59.6 Å². The van der Waals surface area contributed by atoms with Gasteiger partial charge in [0.2, 0.25) is 5.91 Å². The lowest BCUT2D eigenvalue weighted by molar-refractivity contribution is -0.129. The smallest absolute Gasteiger partial charge is 0.219 e. The van der Waals surface area contributed by atoms with E-state index in [1.165, 1.54) is 5.01 Å². The number of likely N-dealkylation sites (tertiary alicyclic amines) is 1. The first-order chi connectivity index (χ1) is 9.72. The third kappa shape index (κ3) is 3.19. The van der Waals surface area contributed by atoms with E-state index in [0.29, 0.717) is 12.5 Å². The van der Waals surface area contributed by atoms with Crippen LogP contribution in [0.1, 0.15) is 18.4 Å². The number of amides is 1. The molecule has 0 unspecified atom stereocenters. The van der Waals surface area contributed by atoms with Crippen molar-refractivity contribution in [2.45, 2.75) is 26.0 Å². The fourth-order valence-electron chi connectivity index (χ4n) is 3.07. The zero-order chi connectivity index (χ0) is 13.9. The standard InChI is InChI=1S/C14H21N3O2S/c1-11(18)17-5-6-19-13-9-16(4-2-12(13)8-17)10-14-15-3-7-20-14/h3,7,12-13H,2,4-6,8-10H2,1H3/t12-,13-/m0/s1. The van der Waals surface area contributed by atoms with Crippen molar-refractivity contribution in [1.82, 2.24) is 14.8 Å². The van der Waals surface area contributed by atoms with Crippen LogP contribution in [0.2, 0.25) is 0 Å². The van der Waals surface area contributed by atoms with Crippen molar-refractivity contribution in [1.29, 1.82) is 0 Å². The monoisotopic (exact) mass is 295 g/mol. The maximum atomic E-state index is 11.6. The fraction of sp³-hybridized carbons (Fsp3) is 0.714. The molecular formula is C14H21N3O2S. The Morgan fingerprint density at radius 2 is 2.40 bits per heavy atom. The van der Waals surface area contributed by atoms with Crippen LogP contribution >= 0.6 is 11.3 Å². The number of nitrogens with zero attached hydrogens (tertiary/aromatic N) is 3. The molecule has 3 rings (SSSR count). The molecule has 3 heterocycles. The Kier molecular flexibility index (Phi) is 4.33. The second-order valence-corrected chi connectivity index (χ2v) is 6.56. The third-order valence-electron chi connectivity index (χ3n) is 4.22. The van der Waals surface area contributed by atoms with Crippen LogP contribution in [0.3, 0.4) is 0 Å². The highest BCUT2D eigenvalue weighted by Crippen LogP contribution is 2.25. The molecule has 2 saturated heterocycles. The van der Waals surface area contributed by atoms with Crippen molar-refractivity contribution in [3.05, 3.63) is 16.6 Å². The van der Waals surface area contributed by atoms with E-state index in [1.54, 1.807) is 18.3 Å². The molecule has 0 bridgehead atoms. The topological polar surface area (TPSA) is 45.7 Å². The Hall–Kier alpha value is -0.980. The Bertz CT molecular complexity index is 451. The van der Waals surface area contributed by atoms with Crippen molar-refractivity contribution >= 4 is 17.2 Å². The minimum atomic E-state index is 0.166. The lowest BCUT2D eigenvalue weighted by Gasteiger charge is -2.37. The second kappa shape index (κ2) is 6.20. The number of rotatable bonds is 2. The van der Waals surface area contributed by atoms with Crippen LogP contribution in [0.15, 0.2) is 11.6 Å². The lowest BCUT2D eigenvalue weighted by Crippen LogP contribution is -2.46. The Labute approximate surface area is 123 Å². The van der Waals surface area contributed by atoms with Gasteiger partial charge in [-0.3, -0.25) is 9.69 Å². The lowest BCUT2D eigenvalue weighted by atomic mass is 9.93. The molecule has 110 valence electrons. The summed E-state index contributed by atoms with van der Waals surface area (Å²) in [6.07, 6.45) is 3.22. The molecule has 0 aromatic carbocycles. The predicted octanol–water partition coefficient (Wildman–Crippen LogP) is 1.21. The van der Waals surface area contributed by atoms with Gasteiger partial charge in [0.05, 0.1) is 19.3 Å². The molecule has 0 radical (unpaired) electrons. The summed E-state index contributed by atoms with van der Waals surface area (Å²) in [6.45, 7) is 6.83. The summed E-state index contributed by atoms with van der Waals surface area (Å²) in [6, 6.07) is 0. The average Bonchev–Trinajstić information content (AvgIpc) is 2.83. The number of aromatic nitrogens is 1. The second-order valence-electron chi connectivity index (χ2n) is 5.58. The molecule has 0 saturated carbocycles. The van der Waals surface area contributed by atoms with E-state index in [9.17, 15) is 4.79 Å². The summed E-state index contributed by atoms with van der Waals surface area (Å²) in [7, 11) is 0. The number of hydrogen-bond donors (Lipinski definition) is 0. The highest BCUT2D eigenvalue weighted by Gasteiger charge is 2.34. The minimum absolute atomic E-state index is 0.166. The highest BCUT2D eigenvalue weighted by molar-refractivity contribution is 7.09. The molecule has 1 aromatic rings. The van der Waals surface area contributed by atoms with Crippen LogP contribution in [-0.2, 0) is 16.1 Å². The van der Waals surface area contributed by atoms with Gasteiger partial charge in [-0.2, -0.15) is 0 Å².